The van der Waals surface area contributed by atoms with Crippen molar-refractivity contribution < 1.29 is 28.5 Å². The number of terminal acetylenes is 2. The second-order valence-corrected chi connectivity index (χ2v) is 6.51. The van der Waals surface area contributed by atoms with Crippen molar-refractivity contribution in [2.45, 2.75) is 39.7 Å². The zero-order valence-electron chi connectivity index (χ0n) is 16.9. The monoisotopic (exact) mass is 396 g/mol. The van der Waals surface area contributed by atoms with Gasteiger partial charge < -0.3 is 18.9 Å². The average molecular weight is 396 g/mol. The van der Waals surface area contributed by atoms with Crippen molar-refractivity contribution in [2.75, 3.05) is 20.3 Å². The van der Waals surface area contributed by atoms with Crippen LogP contribution in [0.3, 0.4) is 0 Å². The van der Waals surface area contributed by atoms with Gasteiger partial charge >= 0.3 is 11.9 Å². The Bertz CT molecular complexity index is 911. The predicted octanol–water partition coefficient (Wildman–Crippen LogP) is 3.13. The van der Waals surface area contributed by atoms with Gasteiger partial charge in [-0.15, -0.1) is 12.8 Å². The second kappa shape index (κ2) is 10.2. The van der Waals surface area contributed by atoms with Crippen LogP contribution in [0.15, 0.2) is 11.6 Å². The molecule has 0 aliphatic carbocycles. The first kappa shape index (κ1) is 21.9. The highest BCUT2D eigenvalue weighted by molar-refractivity contribution is 5.98. The molecule has 1 aromatic rings. The normalized spacial score (nSPS) is 12.4. The fraction of sp³-hybridized carbons (Fsp3) is 0.391. The fourth-order valence-corrected chi connectivity index (χ4v) is 3.15. The van der Waals surface area contributed by atoms with Gasteiger partial charge in [0.15, 0.2) is 6.61 Å². The lowest BCUT2D eigenvalue weighted by molar-refractivity contribution is -0.142. The van der Waals surface area contributed by atoms with Crippen LogP contribution in [0.2, 0.25) is 0 Å². The first-order chi connectivity index (χ1) is 13.9. The van der Waals surface area contributed by atoms with E-state index in [4.69, 9.17) is 31.8 Å². The van der Waals surface area contributed by atoms with Crippen molar-refractivity contribution in [1.29, 1.82) is 0 Å². The van der Waals surface area contributed by atoms with E-state index in [2.05, 4.69) is 11.8 Å². The molecule has 1 heterocycles. The van der Waals surface area contributed by atoms with Gasteiger partial charge in [0.1, 0.15) is 30.3 Å². The number of hydrogen-bond acceptors (Lipinski definition) is 6. The average Bonchev–Trinajstić information content (AvgIpc) is 3.10. The van der Waals surface area contributed by atoms with Crippen LogP contribution in [-0.4, -0.2) is 32.3 Å². The molecule has 0 bridgehead atoms. The molecule has 1 aliphatic rings. The van der Waals surface area contributed by atoms with Gasteiger partial charge in [-0.05, 0) is 32.3 Å². The van der Waals surface area contributed by atoms with Crippen molar-refractivity contribution >= 4 is 11.9 Å². The predicted molar refractivity (Wildman–Crippen MR) is 108 cm³/mol. The Morgan fingerprint density at radius 3 is 2.59 bits per heavy atom. The molecule has 29 heavy (non-hydrogen) atoms. The Morgan fingerprint density at radius 2 is 1.93 bits per heavy atom. The molecular weight excluding hydrogens is 372 g/mol. The third-order valence-electron chi connectivity index (χ3n) is 4.62. The van der Waals surface area contributed by atoms with Crippen LogP contribution in [0.5, 0.6) is 11.5 Å². The van der Waals surface area contributed by atoms with Crippen LogP contribution < -0.4 is 9.47 Å². The highest BCUT2D eigenvalue weighted by Crippen LogP contribution is 2.42. The Labute approximate surface area is 171 Å². The summed E-state index contributed by atoms with van der Waals surface area (Å²) in [7, 11) is 1.57. The van der Waals surface area contributed by atoms with Gasteiger partial charge in [-0.1, -0.05) is 23.5 Å². The SMILES string of the molecule is C#CCOC(=O)CC/C(C)=C/Cc1c(OC)c(C)c2c(c1OCC#C)C(=O)OC2. The largest absolute Gasteiger partial charge is 0.496 e. The molecular formula is C23H24O6. The van der Waals surface area contributed by atoms with E-state index < -0.39 is 5.97 Å². The highest BCUT2D eigenvalue weighted by Gasteiger charge is 2.33. The van der Waals surface area contributed by atoms with E-state index in [1.165, 1.54) is 0 Å². The number of methoxy groups -OCH3 is 1. The van der Waals surface area contributed by atoms with Gasteiger partial charge in [0.05, 0.1) is 7.11 Å². The molecule has 6 nitrogen and oxygen atoms in total. The Kier molecular flexibility index (Phi) is 7.74. The minimum absolute atomic E-state index is 0.0165. The minimum atomic E-state index is -0.434. The van der Waals surface area contributed by atoms with E-state index in [0.717, 1.165) is 16.7 Å². The molecule has 0 unspecified atom stereocenters. The van der Waals surface area contributed by atoms with E-state index in [1.807, 2.05) is 19.9 Å². The minimum Gasteiger partial charge on any atom is -0.496 e. The first-order valence-electron chi connectivity index (χ1n) is 9.14. The molecule has 0 atom stereocenters. The summed E-state index contributed by atoms with van der Waals surface area (Å²) in [5, 5.41) is 0. The number of fused-ring (bicyclic) bond motifs is 1. The van der Waals surface area contributed by atoms with Crippen molar-refractivity contribution in [1.82, 2.24) is 0 Å². The Balaban J connectivity index is 2.31. The summed E-state index contributed by atoms with van der Waals surface area (Å²) in [5.41, 5.74) is 3.68. The van der Waals surface area contributed by atoms with Gasteiger partial charge in [-0.2, -0.15) is 0 Å². The number of allylic oxidation sites excluding steroid dienone is 2. The van der Waals surface area contributed by atoms with Crippen LogP contribution >= 0.6 is 0 Å². The number of carbonyl (C=O) groups excluding carboxylic acids is 2. The molecule has 0 fully saturated rings. The third kappa shape index (κ3) is 5.12. The maximum absolute atomic E-state index is 12.3. The molecule has 0 saturated carbocycles. The smallest absolute Gasteiger partial charge is 0.342 e. The van der Waals surface area contributed by atoms with Crippen LogP contribution in [0, 0.1) is 31.6 Å². The topological polar surface area (TPSA) is 71.1 Å². The van der Waals surface area contributed by atoms with Gasteiger partial charge in [-0.3, -0.25) is 4.79 Å². The molecule has 0 saturated heterocycles. The first-order valence-corrected chi connectivity index (χ1v) is 9.14. The van der Waals surface area contributed by atoms with Gasteiger partial charge in [0.2, 0.25) is 0 Å². The van der Waals surface area contributed by atoms with E-state index >= 15 is 0 Å². The lowest BCUT2D eigenvalue weighted by atomic mass is 9.94. The summed E-state index contributed by atoms with van der Waals surface area (Å²) < 4.78 is 21.4. The van der Waals surface area contributed by atoms with Crippen LogP contribution in [-0.2, 0) is 27.3 Å². The van der Waals surface area contributed by atoms with Gasteiger partial charge in [-0.25, -0.2) is 4.79 Å². The maximum Gasteiger partial charge on any atom is 0.342 e. The number of rotatable bonds is 9. The second-order valence-electron chi connectivity index (χ2n) is 6.51. The van der Waals surface area contributed by atoms with Crippen molar-refractivity contribution in [3.8, 4) is 36.2 Å². The summed E-state index contributed by atoms with van der Waals surface area (Å²) in [6.45, 7) is 3.96. The molecule has 0 spiro atoms. The molecule has 1 aliphatic heterocycles. The number of ether oxygens (including phenoxy) is 4. The summed E-state index contributed by atoms with van der Waals surface area (Å²) in [6.07, 6.45) is 13.6. The van der Waals surface area contributed by atoms with E-state index in [9.17, 15) is 9.59 Å². The number of hydrogen-bond donors (Lipinski definition) is 0. The van der Waals surface area contributed by atoms with Crippen LogP contribution in [0.25, 0.3) is 0 Å². The van der Waals surface area contributed by atoms with Gasteiger partial charge in [0.25, 0.3) is 0 Å². The lowest BCUT2D eigenvalue weighted by Gasteiger charge is -2.18. The Morgan fingerprint density at radius 1 is 1.21 bits per heavy atom. The molecule has 0 N–H and O–H groups in total. The summed E-state index contributed by atoms with van der Waals surface area (Å²) >= 11 is 0. The third-order valence-corrected chi connectivity index (χ3v) is 4.62. The summed E-state index contributed by atoms with van der Waals surface area (Å²) in [4.78, 5) is 23.9. The van der Waals surface area contributed by atoms with E-state index in [0.29, 0.717) is 35.5 Å². The molecule has 152 valence electrons. The van der Waals surface area contributed by atoms with E-state index in [-0.39, 0.29) is 32.2 Å². The summed E-state index contributed by atoms with van der Waals surface area (Å²) in [6, 6.07) is 0. The molecule has 2 rings (SSSR count). The quantitative estimate of drug-likeness (QED) is 0.363. The zero-order valence-corrected chi connectivity index (χ0v) is 16.9. The zero-order chi connectivity index (χ0) is 21.4. The number of carbonyl (C=O) groups is 2. The Hall–Kier alpha value is -3.38. The molecule has 1 aromatic carbocycles. The van der Waals surface area contributed by atoms with E-state index in [1.54, 1.807) is 7.11 Å². The highest BCUT2D eigenvalue weighted by atomic mass is 16.5. The van der Waals surface area contributed by atoms with Crippen LogP contribution in [0.1, 0.15) is 46.8 Å². The number of cyclic esters (lactones) is 1. The van der Waals surface area contributed by atoms with Crippen LogP contribution in [0.4, 0.5) is 0 Å². The van der Waals surface area contributed by atoms with Crippen molar-refractivity contribution in [2.24, 2.45) is 0 Å². The molecule has 6 heteroatoms. The number of esters is 2. The fourth-order valence-electron chi connectivity index (χ4n) is 3.15. The van der Waals surface area contributed by atoms with Crippen molar-refractivity contribution in [3.63, 3.8) is 0 Å². The molecule has 0 radical (unpaired) electrons. The molecule has 0 amide bonds. The maximum atomic E-state index is 12.3. The standard InChI is InChI=1S/C23H24O6/c1-6-12-27-19(24)11-9-15(3)8-10-17-21(26-5)16(4)18-14-29-23(25)20(18)22(17)28-13-7-2/h1-2,8H,9-14H2,3-5H3/b15-8+. The van der Waals surface area contributed by atoms with Crippen molar-refractivity contribution in [3.05, 3.63) is 33.9 Å². The lowest BCUT2D eigenvalue weighted by Crippen LogP contribution is -2.09. The van der Waals surface area contributed by atoms with Gasteiger partial charge in [0, 0.05) is 17.5 Å². The molecule has 0 aromatic heterocycles. The number of benzene rings is 1. The summed E-state index contributed by atoms with van der Waals surface area (Å²) in [5.74, 6) is 4.92.